The first-order valence-electron chi connectivity index (χ1n) is 15.4. The van der Waals surface area contributed by atoms with Crippen molar-refractivity contribution >= 4 is 85.4 Å². The highest BCUT2D eigenvalue weighted by Gasteiger charge is 2.09. The molecule has 3 aromatic carbocycles. The van der Waals surface area contributed by atoms with Crippen LogP contribution in [0, 0.1) is 22.7 Å². The molecule has 8 aromatic rings. The molecule has 8 nitrogen and oxygen atoms in total. The summed E-state index contributed by atoms with van der Waals surface area (Å²) in [4.78, 5) is 27.1. The number of rotatable bonds is 4. The highest BCUT2D eigenvalue weighted by atomic mass is 35.5. The van der Waals surface area contributed by atoms with Gasteiger partial charge < -0.3 is 15.0 Å². The van der Waals surface area contributed by atoms with E-state index in [1.165, 1.54) is 6.20 Å². The quantitative estimate of drug-likeness (QED) is 0.122. The van der Waals surface area contributed by atoms with Crippen LogP contribution >= 0.6 is 34.8 Å². The standard InChI is InChI=1S/C16H10ClN3.C10H7ClN2.C8H6ClN.C6H5NO/c17-13-3-4-16-14(7-13)15(10-20-16)12(8-18)6-11-2-1-5-19-9-11;11-8-1-2-10-9(5-8)7(3-4-12)6-13-10;9-7-1-2-8-6(5-7)3-4-10-8;8-5-6-2-1-3-7-4-6/h1-7,9-10,20H;1-2,5-6,13H,3H2;1-5,10H;1-5H/b12-6+;;;. The molecule has 8 rings (SSSR count). The van der Waals surface area contributed by atoms with Gasteiger partial charge >= 0.3 is 0 Å². The zero-order valence-corrected chi connectivity index (χ0v) is 29.1. The third-order valence-corrected chi connectivity index (χ3v) is 8.09. The third-order valence-electron chi connectivity index (χ3n) is 7.38. The molecule has 3 N–H and O–H groups in total. The van der Waals surface area contributed by atoms with Gasteiger partial charge in [-0.15, -0.1) is 0 Å². The van der Waals surface area contributed by atoms with Crippen molar-refractivity contribution in [3.05, 3.63) is 166 Å². The van der Waals surface area contributed by atoms with Gasteiger partial charge in [-0.3, -0.25) is 14.8 Å². The predicted molar refractivity (Wildman–Crippen MR) is 207 cm³/mol. The first-order valence-corrected chi connectivity index (χ1v) is 16.5. The predicted octanol–water partition coefficient (Wildman–Crippen LogP) is 10.9. The van der Waals surface area contributed by atoms with E-state index in [0.717, 1.165) is 60.7 Å². The molecule has 0 bridgehead atoms. The molecule has 250 valence electrons. The lowest BCUT2D eigenvalue weighted by atomic mass is 10.0. The molecule has 0 aliphatic heterocycles. The number of aromatic amines is 3. The number of carbonyl (C=O) groups excluding carboxylic acids is 1. The van der Waals surface area contributed by atoms with E-state index in [4.69, 9.17) is 40.1 Å². The maximum atomic E-state index is 9.97. The number of carbonyl (C=O) groups is 1. The van der Waals surface area contributed by atoms with Crippen molar-refractivity contribution in [2.45, 2.75) is 6.42 Å². The lowest BCUT2D eigenvalue weighted by Gasteiger charge is -1.98. The van der Waals surface area contributed by atoms with Crippen LogP contribution < -0.4 is 0 Å². The van der Waals surface area contributed by atoms with Gasteiger partial charge in [-0.25, -0.2) is 0 Å². The molecule has 11 heteroatoms. The Bertz CT molecular complexity index is 2490. The van der Waals surface area contributed by atoms with Gasteiger partial charge in [-0.2, -0.15) is 10.5 Å². The smallest absolute Gasteiger partial charge is 0.151 e. The molecule has 0 fully saturated rings. The molecular formula is C40H28Cl3N7O. The van der Waals surface area contributed by atoms with Crippen molar-refractivity contribution in [1.82, 2.24) is 24.9 Å². The molecule has 0 saturated carbocycles. The summed E-state index contributed by atoms with van der Waals surface area (Å²) in [6.07, 6.45) is 15.2. The maximum Gasteiger partial charge on any atom is 0.151 e. The van der Waals surface area contributed by atoms with Gasteiger partial charge in [0.15, 0.2) is 6.29 Å². The first kappa shape index (κ1) is 36.1. The zero-order valence-electron chi connectivity index (χ0n) is 26.8. The Labute approximate surface area is 308 Å². The number of H-pyrrole nitrogens is 3. The van der Waals surface area contributed by atoms with Crippen molar-refractivity contribution in [3.8, 4) is 12.1 Å². The highest BCUT2D eigenvalue weighted by molar-refractivity contribution is 6.32. The average Bonchev–Trinajstić information content (AvgIpc) is 3.91. The monoisotopic (exact) mass is 727 g/mol. The van der Waals surface area contributed by atoms with Crippen LogP contribution in [0.3, 0.4) is 0 Å². The largest absolute Gasteiger partial charge is 0.361 e. The molecule has 0 aliphatic rings. The van der Waals surface area contributed by atoms with Crippen molar-refractivity contribution in [1.29, 1.82) is 10.5 Å². The number of hydrogen-bond donors (Lipinski definition) is 3. The summed E-state index contributed by atoms with van der Waals surface area (Å²) in [5, 5.41) is 23.2. The Kier molecular flexibility index (Phi) is 12.8. The van der Waals surface area contributed by atoms with Crippen LogP contribution in [0.5, 0.6) is 0 Å². The highest BCUT2D eigenvalue weighted by Crippen LogP contribution is 2.28. The molecule has 51 heavy (non-hydrogen) atoms. The van der Waals surface area contributed by atoms with E-state index in [0.29, 0.717) is 27.6 Å². The average molecular weight is 729 g/mol. The lowest BCUT2D eigenvalue weighted by molar-refractivity contribution is 0.112. The molecule has 0 radical (unpaired) electrons. The summed E-state index contributed by atoms with van der Waals surface area (Å²) < 4.78 is 0. The van der Waals surface area contributed by atoms with Crippen LogP contribution in [0.2, 0.25) is 15.1 Å². The van der Waals surface area contributed by atoms with E-state index >= 15 is 0 Å². The molecule has 0 amide bonds. The van der Waals surface area contributed by atoms with Crippen LogP contribution in [0.1, 0.15) is 27.0 Å². The number of pyridine rings is 2. The Morgan fingerprint density at radius 2 is 1.31 bits per heavy atom. The van der Waals surface area contributed by atoms with Crippen molar-refractivity contribution in [3.63, 3.8) is 0 Å². The molecule has 5 aromatic heterocycles. The number of nitrogens with one attached hydrogen (secondary N) is 3. The normalized spacial score (nSPS) is 10.5. The van der Waals surface area contributed by atoms with Gasteiger partial charge in [0.1, 0.15) is 0 Å². The summed E-state index contributed by atoms with van der Waals surface area (Å²) in [6.45, 7) is 0. The van der Waals surface area contributed by atoms with E-state index in [-0.39, 0.29) is 0 Å². The Morgan fingerprint density at radius 1 is 0.706 bits per heavy atom. The van der Waals surface area contributed by atoms with Gasteiger partial charge in [0.25, 0.3) is 0 Å². The van der Waals surface area contributed by atoms with E-state index in [9.17, 15) is 10.1 Å². The zero-order chi connectivity index (χ0) is 36.0. The van der Waals surface area contributed by atoms with E-state index < -0.39 is 0 Å². The van der Waals surface area contributed by atoms with Crippen LogP contribution in [0.15, 0.2) is 128 Å². The number of fused-ring (bicyclic) bond motifs is 3. The summed E-state index contributed by atoms with van der Waals surface area (Å²) in [6, 6.07) is 30.5. The number of nitrogens with zero attached hydrogens (tertiary/aromatic N) is 4. The van der Waals surface area contributed by atoms with Crippen LogP contribution in [-0.2, 0) is 6.42 Å². The summed E-state index contributed by atoms with van der Waals surface area (Å²) in [5.41, 5.74) is 7.03. The third kappa shape index (κ3) is 9.95. The molecule has 0 atom stereocenters. The molecule has 0 spiro atoms. The van der Waals surface area contributed by atoms with Crippen molar-refractivity contribution in [2.24, 2.45) is 0 Å². The fourth-order valence-corrected chi connectivity index (χ4v) is 5.49. The van der Waals surface area contributed by atoms with Crippen LogP contribution in [0.25, 0.3) is 44.4 Å². The number of aldehydes is 1. The fraction of sp³-hybridized carbons (Fsp3) is 0.0250. The summed E-state index contributed by atoms with van der Waals surface area (Å²) in [7, 11) is 0. The fourth-order valence-electron chi connectivity index (χ4n) is 4.97. The van der Waals surface area contributed by atoms with Crippen molar-refractivity contribution in [2.75, 3.05) is 0 Å². The number of nitriles is 2. The number of aromatic nitrogens is 5. The van der Waals surface area contributed by atoms with Gasteiger partial charge in [-0.1, -0.05) is 40.9 Å². The van der Waals surface area contributed by atoms with Gasteiger partial charge in [0.2, 0.25) is 0 Å². The van der Waals surface area contributed by atoms with Crippen LogP contribution in [0.4, 0.5) is 0 Å². The molecule has 0 aliphatic carbocycles. The SMILES string of the molecule is Clc1ccc2[nH]ccc2c1.N#C/C(=C\c1cccnc1)c1c[nH]c2ccc(Cl)cc12.N#CCc1c[nH]c2ccc(Cl)cc12.O=Cc1cccnc1. The second kappa shape index (κ2) is 18.0. The van der Waals surface area contributed by atoms with E-state index in [1.54, 1.807) is 30.7 Å². The summed E-state index contributed by atoms with van der Waals surface area (Å²) in [5.74, 6) is 0. The number of halogens is 3. The number of hydrogen-bond acceptors (Lipinski definition) is 5. The molecular weight excluding hydrogens is 701 g/mol. The lowest BCUT2D eigenvalue weighted by Crippen LogP contribution is -1.81. The van der Waals surface area contributed by atoms with E-state index in [1.807, 2.05) is 97.5 Å². The Hall–Kier alpha value is -6.16. The molecule has 0 unspecified atom stereocenters. The maximum absolute atomic E-state index is 9.97. The summed E-state index contributed by atoms with van der Waals surface area (Å²) >= 11 is 17.6. The number of allylic oxidation sites excluding steroid dienone is 1. The Balaban J connectivity index is 0.000000140. The second-order valence-electron chi connectivity index (χ2n) is 10.8. The van der Waals surface area contributed by atoms with Gasteiger partial charge in [0.05, 0.1) is 24.1 Å². The minimum Gasteiger partial charge on any atom is -0.361 e. The molecule has 5 heterocycles. The van der Waals surface area contributed by atoms with Crippen LogP contribution in [-0.4, -0.2) is 31.2 Å². The van der Waals surface area contributed by atoms with E-state index in [2.05, 4.69) is 37.1 Å². The number of benzene rings is 3. The van der Waals surface area contributed by atoms with Gasteiger partial charge in [-0.05, 0) is 96.1 Å². The van der Waals surface area contributed by atoms with Gasteiger partial charge in [0, 0.05) is 102 Å². The van der Waals surface area contributed by atoms with Crippen molar-refractivity contribution < 1.29 is 4.79 Å². The minimum atomic E-state index is 0.417. The Morgan fingerprint density at radius 3 is 1.92 bits per heavy atom. The first-order chi connectivity index (χ1) is 24.9. The molecule has 0 saturated heterocycles. The minimum absolute atomic E-state index is 0.417. The second-order valence-corrected chi connectivity index (χ2v) is 12.1. The topological polar surface area (TPSA) is 138 Å².